The fourth-order valence-corrected chi connectivity index (χ4v) is 5.49. The molecule has 4 nitrogen and oxygen atoms in total. The molecular weight excluding hydrogens is 318 g/mol. The summed E-state index contributed by atoms with van der Waals surface area (Å²) in [6.45, 7) is 8.54. The van der Waals surface area contributed by atoms with Gasteiger partial charge in [-0.1, -0.05) is 0 Å². The Balaban J connectivity index is 1.31. The molecule has 4 heterocycles. The third kappa shape index (κ3) is 3.26. The molecule has 0 aliphatic carbocycles. The van der Waals surface area contributed by atoms with Gasteiger partial charge in [-0.15, -0.1) is 11.3 Å². The highest BCUT2D eigenvalue weighted by Crippen LogP contribution is 2.26. The number of thiophene rings is 1. The van der Waals surface area contributed by atoms with Crippen molar-refractivity contribution in [1.82, 2.24) is 14.7 Å². The van der Waals surface area contributed by atoms with E-state index in [9.17, 15) is 4.79 Å². The quantitative estimate of drug-likeness (QED) is 0.841. The lowest BCUT2D eigenvalue weighted by Crippen LogP contribution is -2.52. The largest absolute Gasteiger partial charge is 0.337 e. The zero-order valence-corrected chi connectivity index (χ0v) is 15.6. The summed E-state index contributed by atoms with van der Waals surface area (Å²) in [6.07, 6.45) is 6.23. The molecule has 2 fully saturated rings. The van der Waals surface area contributed by atoms with Gasteiger partial charge in [0.15, 0.2) is 0 Å². The monoisotopic (exact) mass is 347 g/mol. The first-order valence-corrected chi connectivity index (χ1v) is 10.4. The van der Waals surface area contributed by atoms with E-state index in [1.54, 1.807) is 0 Å². The summed E-state index contributed by atoms with van der Waals surface area (Å²) in [4.78, 5) is 21.6. The first kappa shape index (κ1) is 16.6. The van der Waals surface area contributed by atoms with Gasteiger partial charge in [0.2, 0.25) is 5.91 Å². The summed E-state index contributed by atoms with van der Waals surface area (Å²) < 4.78 is 0. The Hall–Kier alpha value is -0.910. The number of likely N-dealkylation sites (tertiary alicyclic amines) is 2. The average Bonchev–Trinajstić information content (AvgIpc) is 3.31. The fourth-order valence-electron chi connectivity index (χ4n) is 4.60. The number of amides is 1. The third-order valence-corrected chi connectivity index (χ3v) is 7.20. The van der Waals surface area contributed by atoms with E-state index in [0.29, 0.717) is 5.91 Å². The molecule has 5 heteroatoms. The van der Waals surface area contributed by atoms with Crippen molar-refractivity contribution in [3.05, 3.63) is 21.9 Å². The zero-order chi connectivity index (χ0) is 16.5. The van der Waals surface area contributed by atoms with E-state index < -0.39 is 0 Å². The molecular formula is C19H29N3OS. The number of piperidine rings is 1. The van der Waals surface area contributed by atoms with Crippen LogP contribution in [0.15, 0.2) is 11.4 Å². The highest BCUT2D eigenvalue weighted by atomic mass is 32.1. The smallest absolute Gasteiger partial charge is 0.239 e. The van der Waals surface area contributed by atoms with Crippen LogP contribution in [0.4, 0.5) is 0 Å². The third-order valence-electron chi connectivity index (χ3n) is 6.18. The SMILES string of the molecule is C[C@@H](C(=O)N1CCc2sccc2C1)N1CCC(N2CCCC2)CC1. The molecule has 0 aromatic carbocycles. The molecule has 1 atom stereocenters. The summed E-state index contributed by atoms with van der Waals surface area (Å²) in [5.74, 6) is 0.325. The van der Waals surface area contributed by atoms with Crippen molar-refractivity contribution < 1.29 is 4.79 Å². The van der Waals surface area contributed by atoms with E-state index in [0.717, 1.165) is 38.6 Å². The second-order valence-electron chi connectivity index (χ2n) is 7.56. The van der Waals surface area contributed by atoms with Crippen molar-refractivity contribution in [3.8, 4) is 0 Å². The minimum atomic E-state index is 0.0321. The molecule has 24 heavy (non-hydrogen) atoms. The molecule has 1 aromatic rings. The number of fused-ring (bicyclic) bond motifs is 1. The van der Waals surface area contributed by atoms with Crippen LogP contribution in [0.5, 0.6) is 0 Å². The Morgan fingerprint density at radius 2 is 1.92 bits per heavy atom. The fraction of sp³-hybridized carbons (Fsp3) is 0.737. The van der Waals surface area contributed by atoms with Crippen molar-refractivity contribution in [1.29, 1.82) is 0 Å². The van der Waals surface area contributed by atoms with Crippen molar-refractivity contribution in [2.75, 3.05) is 32.7 Å². The summed E-state index contributed by atoms with van der Waals surface area (Å²) >= 11 is 1.83. The second kappa shape index (κ2) is 7.14. The van der Waals surface area contributed by atoms with Crippen LogP contribution in [0.25, 0.3) is 0 Å². The first-order chi connectivity index (χ1) is 11.7. The minimum Gasteiger partial charge on any atom is -0.337 e. The molecule has 0 saturated carbocycles. The van der Waals surface area contributed by atoms with Gasteiger partial charge in [-0.25, -0.2) is 0 Å². The van der Waals surface area contributed by atoms with E-state index in [-0.39, 0.29) is 6.04 Å². The maximum absolute atomic E-state index is 12.9. The van der Waals surface area contributed by atoms with Crippen LogP contribution in [0.2, 0.25) is 0 Å². The molecule has 132 valence electrons. The van der Waals surface area contributed by atoms with Gasteiger partial charge in [-0.2, -0.15) is 0 Å². The Morgan fingerprint density at radius 1 is 1.17 bits per heavy atom. The van der Waals surface area contributed by atoms with E-state index in [1.165, 1.54) is 49.2 Å². The Labute approximate surface area is 149 Å². The Bertz CT molecular complexity index is 573. The van der Waals surface area contributed by atoms with E-state index in [1.807, 2.05) is 11.3 Å². The summed E-state index contributed by atoms with van der Waals surface area (Å²) in [5.41, 5.74) is 1.36. The van der Waals surface area contributed by atoms with E-state index in [4.69, 9.17) is 0 Å². The first-order valence-electron chi connectivity index (χ1n) is 9.54. The molecule has 3 aliphatic heterocycles. The van der Waals surface area contributed by atoms with Gasteiger partial charge in [0.05, 0.1) is 6.04 Å². The van der Waals surface area contributed by atoms with Gasteiger partial charge in [-0.3, -0.25) is 9.69 Å². The highest BCUT2D eigenvalue weighted by Gasteiger charge is 2.33. The average molecular weight is 348 g/mol. The molecule has 1 aromatic heterocycles. The van der Waals surface area contributed by atoms with Crippen molar-refractivity contribution in [3.63, 3.8) is 0 Å². The van der Waals surface area contributed by atoms with Gasteiger partial charge in [0, 0.05) is 37.1 Å². The molecule has 4 rings (SSSR count). The van der Waals surface area contributed by atoms with Crippen molar-refractivity contribution in [2.24, 2.45) is 0 Å². The maximum Gasteiger partial charge on any atom is 0.239 e. The minimum absolute atomic E-state index is 0.0321. The van der Waals surface area contributed by atoms with Gasteiger partial charge in [-0.05, 0) is 69.1 Å². The molecule has 0 bridgehead atoms. The second-order valence-corrected chi connectivity index (χ2v) is 8.57. The van der Waals surface area contributed by atoms with Crippen LogP contribution < -0.4 is 0 Å². The van der Waals surface area contributed by atoms with Gasteiger partial charge >= 0.3 is 0 Å². The predicted octanol–water partition coefficient (Wildman–Crippen LogP) is 2.58. The number of nitrogens with zero attached hydrogens (tertiary/aromatic N) is 3. The maximum atomic E-state index is 12.9. The highest BCUT2D eigenvalue weighted by molar-refractivity contribution is 7.10. The Kier molecular flexibility index (Phi) is 4.93. The van der Waals surface area contributed by atoms with Crippen LogP contribution in [-0.2, 0) is 17.8 Å². The van der Waals surface area contributed by atoms with E-state index >= 15 is 0 Å². The predicted molar refractivity (Wildman–Crippen MR) is 98.3 cm³/mol. The molecule has 0 spiro atoms. The number of hydrogen-bond donors (Lipinski definition) is 0. The topological polar surface area (TPSA) is 26.8 Å². The molecule has 0 radical (unpaired) electrons. The van der Waals surface area contributed by atoms with Crippen LogP contribution in [0, 0.1) is 0 Å². The number of carbonyl (C=O) groups excluding carboxylic acids is 1. The lowest BCUT2D eigenvalue weighted by atomic mass is 10.0. The normalized spacial score (nSPS) is 25.0. The number of hydrogen-bond acceptors (Lipinski definition) is 4. The number of rotatable bonds is 3. The van der Waals surface area contributed by atoms with Crippen molar-refractivity contribution in [2.45, 2.75) is 57.7 Å². The summed E-state index contributed by atoms with van der Waals surface area (Å²) in [7, 11) is 0. The zero-order valence-electron chi connectivity index (χ0n) is 14.7. The lowest BCUT2D eigenvalue weighted by molar-refractivity contribution is -0.138. The van der Waals surface area contributed by atoms with Crippen LogP contribution in [0.3, 0.4) is 0 Å². The van der Waals surface area contributed by atoms with Crippen LogP contribution in [0.1, 0.15) is 43.0 Å². The van der Waals surface area contributed by atoms with Gasteiger partial charge in [0.1, 0.15) is 0 Å². The number of carbonyl (C=O) groups is 1. The Morgan fingerprint density at radius 3 is 2.67 bits per heavy atom. The lowest BCUT2D eigenvalue weighted by Gasteiger charge is -2.40. The van der Waals surface area contributed by atoms with Crippen molar-refractivity contribution >= 4 is 17.2 Å². The summed E-state index contributed by atoms with van der Waals surface area (Å²) in [6, 6.07) is 2.98. The molecule has 3 aliphatic rings. The van der Waals surface area contributed by atoms with E-state index in [2.05, 4.69) is 33.1 Å². The molecule has 0 N–H and O–H groups in total. The standard InChI is InChI=1S/C19H29N3OS/c1-15(19(23)22-12-6-18-16(14-22)7-13-24-18)20-10-4-17(5-11-20)21-8-2-3-9-21/h7,13,15,17H,2-6,8-12,14H2,1H3/t15-/m0/s1. The van der Waals surface area contributed by atoms with Crippen LogP contribution in [-0.4, -0.2) is 65.4 Å². The van der Waals surface area contributed by atoms with Crippen LogP contribution >= 0.6 is 11.3 Å². The van der Waals surface area contributed by atoms with Gasteiger partial charge < -0.3 is 9.80 Å². The summed E-state index contributed by atoms with van der Waals surface area (Å²) in [5, 5.41) is 2.16. The molecule has 0 unspecified atom stereocenters. The van der Waals surface area contributed by atoms with Gasteiger partial charge in [0.25, 0.3) is 0 Å². The molecule has 2 saturated heterocycles. The molecule has 1 amide bonds.